The molecule has 19 heavy (non-hydrogen) atoms. The molecule has 0 saturated carbocycles. The van der Waals surface area contributed by atoms with Gasteiger partial charge in [0.2, 0.25) is 5.67 Å². The van der Waals surface area contributed by atoms with Crippen molar-refractivity contribution in [1.82, 2.24) is 9.88 Å². The highest BCUT2D eigenvalue weighted by Crippen LogP contribution is 2.31. The lowest BCUT2D eigenvalue weighted by atomic mass is 10.1. The molecule has 2 rings (SSSR count). The first-order valence-corrected chi connectivity index (χ1v) is 6.31. The molecule has 1 unspecified atom stereocenters. The Hall–Kier alpha value is -1.22. The number of nitrogens with two attached hydrogens (primary N) is 1. The predicted octanol–water partition coefficient (Wildman–Crippen LogP) is 1.56. The van der Waals surface area contributed by atoms with Crippen LogP contribution in [0, 0.1) is 0 Å². The molecule has 2 N–H and O–H groups in total. The first-order chi connectivity index (χ1) is 8.71. The number of halogens is 4. The molecule has 0 radical (unpaired) electrons. The SMILES string of the molecule is NC(=O)C1(F)CCN(Cc2nc(C(F)(F)F)cs2)C1. The Balaban J connectivity index is 2.00. The van der Waals surface area contributed by atoms with Gasteiger partial charge in [-0.25, -0.2) is 9.37 Å². The summed E-state index contributed by atoms with van der Waals surface area (Å²) in [5.41, 5.74) is 1.90. The van der Waals surface area contributed by atoms with Crippen LogP contribution in [0.3, 0.4) is 0 Å². The third-order valence-corrected chi connectivity index (χ3v) is 3.77. The summed E-state index contributed by atoms with van der Waals surface area (Å²) in [6, 6.07) is 0. The number of hydrogen-bond donors (Lipinski definition) is 1. The number of amides is 1. The third-order valence-electron chi connectivity index (χ3n) is 2.94. The number of carbonyl (C=O) groups excluding carboxylic acids is 1. The minimum absolute atomic E-state index is 0.0418. The number of carbonyl (C=O) groups is 1. The van der Waals surface area contributed by atoms with E-state index in [1.54, 1.807) is 0 Å². The maximum Gasteiger partial charge on any atom is 0.434 e. The summed E-state index contributed by atoms with van der Waals surface area (Å²) < 4.78 is 50.9. The van der Waals surface area contributed by atoms with Gasteiger partial charge in [0.25, 0.3) is 5.91 Å². The minimum Gasteiger partial charge on any atom is -0.367 e. The largest absolute Gasteiger partial charge is 0.434 e. The molecule has 9 heteroatoms. The van der Waals surface area contributed by atoms with Crippen LogP contribution >= 0.6 is 11.3 Å². The molecule has 1 fully saturated rings. The van der Waals surface area contributed by atoms with Crippen molar-refractivity contribution in [2.24, 2.45) is 5.73 Å². The molecule has 1 aromatic rings. The van der Waals surface area contributed by atoms with Gasteiger partial charge in [-0.05, 0) is 0 Å². The first kappa shape index (κ1) is 14.2. The van der Waals surface area contributed by atoms with Crippen LogP contribution in [0.2, 0.25) is 0 Å². The van der Waals surface area contributed by atoms with Gasteiger partial charge in [-0.1, -0.05) is 0 Å². The van der Waals surface area contributed by atoms with Crippen LogP contribution in [0.5, 0.6) is 0 Å². The van der Waals surface area contributed by atoms with Crippen LogP contribution in [0.25, 0.3) is 0 Å². The van der Waals surface area contributed by atoms with Gasteiger partial charge in [-0.3, -0.25) is 9.69 Å². The van der Waals surface area contributed by atoms with Crippen molar-refractivity contribution in [3.05, 3.63) is 16.1 Å². The van der Waals surface area contributed by atoms with Crippen LogP contribution in [0.15, 0.2) is 5.38 Å². The molecular formula is C10H11F4N3OS. The lowest BCUT2D eigenvalue weighted by Gasteiger charge is -2.16. The molecule has 0 aromatic carbocycles. The Labute approximate surface area is 110 Å². The van der Waals surface area contributed by atoms with Crippen molar-refractivity contribution < 1.29 is 22.4 Å². The molecule has 1 amide bonds. The molecule has 0 bridgehead atoms. The fourth-order valence-corrected chi connectivity index (χ4v) is 2.73. The van der Waals surface area contributed by atoms with Crippen molar-refractivity contribution in [3.63, 3.8) is 0 Å². The molecule has 1 atom stereocenters. The summed E-state index contributed by atoms with van der Waals surface area (Å²) in [5.74, 6) is -1.04. The topological polar surface area (TPSA) is 59.2 Å². The number of nitrogens with zero attached hydrogens (tertiary/aromatic N) is 2. The fraction of sp³-hybridized carbons (Fsp3) is 0.600. The van der Waals surface area contributed by atoms with Gasteiger partial charge in [-0.15, -0.1) is 11.3 Å². The van der Waals surface area contributed by atoms with Crippen LogP contribution in [-0.4, -0.2) is 34.5 Å². The third kappa shape index (κ3) is 3.03. The second-order valence-corrected chi connectivity index (χ2v) is 5.36. The van der Waals surface area contributed by atoms with Gasteiger partial charge in [0.05, 0.1) is 6.54 Å². The van der Waals surface area contributed by atoms with Crippen molar-refractivity contribution in [3.8, 4) is 0 Å². The van der Waals surface area contributed by atoms with E-state index in [1.165, 1.54) is 4.90 Å². The first-order valence-electron chi connectivity index (χ1n) is 5.43. The Morgan fingerprint density at radius 3 is 2.74 bits per heavy atom. The number of primary amides is 1. The number of alkyl halides is 4. The second kappa shape index (κ2) is 4.71. The highest BCUT2D eigenvalue weighted by Gasteiger charge is 2.44. The van der Waals surface area contributed by atoms with Crippen LogP contribution in [-0.2, 0) is 17.5 Å². The molecule has 1 aliphatic rings. The van der Waals surface area contributed by atoms with Crippen molar-refractivity contribution in [1.29, 1.82) is 0 Å². The number of aromatic nitrogens is 1. The molecule has 1 aliphatic heterocycles. The standard InChI is InChI=1S/C10H11F4N3OS/c11-9(8(15)18)1-2-17(5-9)3-7-16-6(4-19-7)10(12,13)14/h4H,1-3,5H2,(H2,15,18). The molecule has 1 aromatic heterocycles. The quantitative estimate of drug-likeness (QED) is 0.861. The van der Waals surface area contributed by atoms with E-state index >= 15 is 0 Å². The van der Waals surface area contributed by atoms with E-state index in [0.717, 1.165) is 16.7 Å². The summed E-state index contributed by atoms with van der Waals surface area (Å²) in [7, 11) is 0. The summed E-state index contributed by atoms with van der Waals surface area (Å²) >= 11 is 0.860. The van der Waals surface area contributed by atoms with Gasteiger partial charge in [0.1, 0.15) is 5.01 Å². The molecule has 4 nitrogen and oxygen atoms in total. The smallest absolute Gasteiger partial charge is 0.367 e. The number of thiazole rings is 1. The van der Waals surface area contributed by atoms with Crippen molar-refractivity contribution in [2.45, 2.75) is 24.8 Å². The van der Waals surface area contributed by atoms with Gasteiger partial charge in [0.15, 0.2) is 5.69 Å². The van der Waals surface area contributed by atoms with E-state index in [4.69, 9.17) is 5.73 Å². The van der Waals surface area contributed by atoms with E-state index in [-0.39, 0.29) is 31.1 Å². The lowest BCUT2D eigenvalue weighted by Crippen LogP contribution is -2.42. The highest BCUT2D eigenvalue weighted by atomic mass is 32.1. The highest BCUT2D eigenvalue weighted by molar-refractivity contribution is 7.09. The number of rotatable bonds is 3. The van der Waals surface area contributed by atoms with Gasteiger partial charge in [0, 0.05) is 24.9 Å². The van der Waals surface area contributed by atoms with Gasteiger partial charge in [-0.2, -0.15) is 13.2 Å². The summed E-state index contributed by atoms with van der Waals surface area (Å²) in [6.07, 6.45) is -4.52. The fourth-order valence-electron chi connectivity index (χ4n) is 1.89. The molecule has 106 valence electrons. The molecule has 1 saturated heterocycles. The van der Waals surface area contributed by atoms with E-state index in [1.807, 2.05) is 0 Å². The van der Waals surface area contributed by atoms with Crippen LogP contribution in [0.4, 0.5) is 17.6 Å². The summed E-state index contributed by atoms with van der Waals surface area (Å²) in [6.45, 7) is 0.142. The zero-order chi connectivity index (χ0) is 14.3. The van der Waals surface area contributed by atoms with E-state index < -0.39 is 23.4 Å². The second-order valence-electron chi connectivity index (χ2n) is 4.41. The normalized spacial score (nSPS) is 24.8. The Morgan fingerprint density at radius 1 is 1.58 bits per heavy atom. The Bertz CT molecular complexity index is 489. The van der Waals surface area contributed by atoms with E-state index in [0.29, 0.717) is 0 Å². The molecular weight excluding hydrogens is 286 g/mol. The van der Waals surface area contributed by atoms with E-state index in [2.05, 4.69) is 4.98 Å². The lowest BCUT2D eigenvalue weighted by molar-refractivity contribution is -0.140. The van der Waals surface area contributed by atoms with E-state index in [9.17, 15) is 22.4 Å². The maximum absolute atomic E-state index is 13.9. The summed E-state index contributed by atoms with van der Waals surface area (Å²) in [4.78, 5) is 15.9. The minimum atomic E-state index is -4.48. The van der Waals surface area contributed by atoms with Crippen LogP contribution < -0.4 is 5.73 Å². The monoisotopic (exact) mass is 297 g/mol. The number of hydrogen-bond acceptors (Lipinski definition) is 4. The van der Waals surface area contributed by atoms with Crippen molar-refractivity contribution in [2.75, 3.05) is 13.1 Å². The Morgan fingerprint density at radius 2 is 2.26 bits per heavy atom. The number of likely N-dealkylation sites (tertiary alicyclic amines) is 1. The zero-order valence-electron chi connectivity index (χ0n) is 9.71. The maximum atomic E-state index is 13.9. The van der Waals surface area contributed by atoms with Crippen LogP contribution in [0.1, 0.15) is 17.1 Å². The average molecular weight is 297 g/mol. The Kier molecular flexibility index (Phi) is 3.52. The zero-order valence-corrected chi connectivity index (χ0v) is 10.5. The molecule has 0 aliphatic carbocycles. The average Bonchev–Trinajstić information content (AvgIpc) is 2.86. The van der Waals surface area contributed by atoms with Gasteiger partial charge >= 0.3 is 6.18 Å². The summed E-state index contributed by atoms with van der Waals surface area (Å²) in [5, 5.41) is 1.16. The predicted molar refractivity (Wildman–Crippen MR) is 60.0 cm³/mol. The van der Waals surface area contributed by atoms with Crippen molar-refractivity contribution >= 4 is 17.2 Å². The molecule has 2 heterocycles. The van der Waals surface area contributed by atoms with Gasteiger partial charge < -0.3 is 5.73 Å². The molecule has 0 spiro atoms.